The van der Waals surface area contributed by atoms with Gasteiger partial charge in [-0.2, -0.15) is 0 Å². The second-order valence-corrected chi connectivity index (χ2v) is 6.74. The van der Waals surface area contributed by atoms with Crippen LogP contribution < -0.4 is 10.5 Å². The Hall–Kier alpha value is -2.86. The number of carbonyl (C=O) groups excluding carboxylic acids is 1. The zero-order valence-electron chi connectivity index (χ0n) is 12.1. The molecule has 3 rings (SSSR count). The predicted octanol–water partition coefficient (Wildman–Crippen LogP) is 2.74. The van der Waals surface area contributed by atoms with E-state index in [1.807, 2.05) is 24.3 Å². The quantitative estimate of drug-likeness (QED) is 0.772. The van der Waals surface area contributed by atoms with Crippen molar-refractivity contribution in [2.45, 2.75) is 4.90 Å². The number of anilines is 1. The van der Waals surface area contributed by atoms with Gasteiger partial charge >= 0.3 is 0 Å². The molecule has 0 aliphatic heterocycles. The van der Waals surface area contributed by atoms with Crippen molar-refractivity contribution in [2.24, 2.45) is 5.73 Å². The van der Waals surface area contributed by atoms with Crippen molar-refractivity contribution in [1.29, 1.82) is 0 Å². The number of carbonyl (C=O) groups is 1. The molecule has 6 heteroatoms. The van der Waals surface area contributed by atoms with Crippen molar-refractivity contribution in [3.05, 3.63) is 72.3 Å². The maximum atomic E-state index is 12.5. The Morgan fingerprint density at radius 1 is 0.870 bits per heavy atom. The lowest BCUT2D eigenvalue weighted by atomic mass is 10.1. The minimum Gasteiger partial charge on any atom is -0.366 e. The number of hydrogen-bond acceptors (Lipinski definition) is 3. The standard InChI is InChI=1S/C17H14N2O3S/c18-17(20)14-6-3-7-15(10-14)19-23(21,22)16-9-8-12-4-1-2-5-13(12)11-16/h1-11,19H,(H2,18,20). The molecule has 0 saturated carbocycles. The van der Waals surface area contributed by atoms with E-state index >= 15 is 0 Å². The summed E-state index contributed by atoms with van der Waals surface area (Å²) in [6.45, 7) is 0. The van der Waals surface area contributed by atoms with Gasteiger partial charge in [-0.05, 0) is 41.1 Å². The molecule has 23 heavy (non-hydrogen) atoms. The van der Waals surface area contributed by atoms with Crippen LogP contribution in [0.3, 0.4) is 0 Å². The van der Waals surface area contributed by atoms with Crippen molar-refractivity contribution in [2.75, 3.05) is 4.72 Å². The summed E-state index contributed by atoms with van der Waals surface area (Å²) in [7, 11) is -3.75. The molecule has 0 atom stereocenters. The molecule has 0 aliphatic rings. The van der Waals surface area contributed by atoms with Crippen LogP contribution in [0.2, 0.25) is 0 Å². The molecule has 0 unspecified atom stereocenters. The molecule has 3 aromatic rings. The molecule has 5 nitrogen and oxygen atoms in total. The number of rotatable bonds is 4. The highest BCUT2D eigenvalue weighted by atomic mass is 32.2. The minimum atomic E-state index is -3.75. The van der Waals surface area contributed by atoms with Crippen molar-refractivity contribution in [3.63, 3.8) is 0 Å². The molecule has 0 saturated heterocycles. The van der Waals surface area contributed by atoms with Crippen LogP contribution in [0, 0.1) is 0 Å². The van der Waals surface area contributed by atoms with Gasteiger partial charge in [-0.1, -0.05) is 36.4 Å². The molecule has 0 aliphatic carbocycles. The van der Waals surface area contributed by atoms with E-state index in [-0.39, 0.29) is 16.1 Å². The van der Waals surface area contributed by atoms with Gasteiger partial charge in [0.05, 0.1) is 4.90 Å². The Kier molecular flexibility index (Phi) is 3.75. The number of hydrogen-bond donors (Lipinski definition) is 2. The Morgan fingerprint density at radius 3 is 2.35 bits per heavy atom. The first-order chi connectivity index (χ1) is 11.0. The molecule has 0 fully saturated rings. The van der Waals surface area contributed by atoms with Gasteiger partial charge in [0, 0.05) is 11.3 Å². The van der Waals surface area contributed by atoms with Crippen LogP contribution in [0.15, 0.2) is 71.6 Å². The number of sulfonamides is 1. The van der Waals surface area contributed by atoms with Crippen LogP contribution in [0.4, 0.5) is 5.69 Å². The summed E-state index contributed by atoms with van der Waals surface area (Å²) >= 11 is 0. The van der Waals surface area contributed by atoms with Gasteiger partial charge in [0.1, 0.15) is 0 Å². The Balaban J connectivity index is 1.97. The number of fused-ring (bicyclic) bond motifs is 1. The van der Waals surface area contributed by atoms with Gasteiger partial charge in [0.25, 0.3) is 10.0 Å². The van der Waals surface area contributed by atoms with Crippen LogP contribution in [-0.2, 0) is 10.0 Å². The number of benzene rings is 3. The fraction of sp³-hybridized carbons (Fsp3) is 0. The van der Waals surface area contributed by atoms with E-state index in [9.17, 15) is 13.2 Å². The van der Waals surface area contributed by atoms with Gasteiger partial charge in [-0.25, -0.2) is 8.42 Å². The first-order valence-electron chi connectivity index (χ1n) is 6.87. The summed E-state index contributed by atoms with van der Waals surface area (Å²) in [5.74, 6) is -0.614. The fourth-order valence-electron chi connectivity index (χ4n) is 2.28. The molecule has 0 heterocycles. The van der Waals surface area contributed by atoms with E-state index in [0.29, 0.717) is 0 Å². The average molecular weight is 326 g/mol. The largest absolute Gasteiger partial charge is 0.366 e. The molecule has 1 amide bonds. The van der Waals surface area contributed by atoms with Crippen LogP contribution in [0.1, 0.15) is 10.4 Å². The summed E-state index contributed by atoms with van der Waals surface area (Å²) in [5, 5.41) is 1.79. The Labute approximate surface area is 133 Å². The number of nitrogens with two attached hydrogens (primary N) is 1. The van der Waals surface area contributed by atoms with Crippen LogP contribution in [-0.4, -0.2) is 14.3 Å². The molecule has 0 spiro atoms. The Morgan fingerprint density at radius 2 is 1.61 bits per heavy atom. The van der Waals surface area contributed by atoms with Gasteiger partial charge < -0.3 is 5.73 Å². The maximum Gasteiger partial charge on any atom is 0.261 e. The second kappa shape index (κ2) is 5.73. The third kappa shape index (κ3) is 3.17. The fourth-order valence-corrected chi connectivity index (χ4v) is 3.37. The highest BCUT2D eigenvalue weighted by Gasteiger charge is 2.15. The highest BCUT2D eigenvalue weighted by molar-refractivity contribution is 7.92. The summed E-state index contributed by atoms with van der Waals surface area (Å²) < 4.78 is 27.5. The summed E-state index contributed by atoms with van der Waals surface area (Å²) in [6.07, 6.45) is 0. The summed E-state index contributed by atoms with van der Waals surface area (Å²) in [6, 6.07) is 18.5. The molecule has 3 aromatic carbocycles. The topological polar surface area (TPSA) is 89.3 Å². The Bertz CT molecular complexity index is 997. The average Bonchev–Trinajstić information content (AvgIpc) is 2.54. The zero-order valence-corrected chi connectivity index (χ0v) is 12.9. The summed E-state index contributed by atoms with van der Waals surface area (Å²) in [5.41, 5.74) is 5.73. The molecule has 0 bridgehead atoms. The lowest BCUT2D eigenvalue weighted by Gasteiger charge is -2.09. The molecule has 3 N–H and O–H groups in total. The van der Waals surface area contributed by atoms with E-state index in [1.54, 1.807) is 30.3 Å². The lowest BCUT2D eigenvalue weighted by Crippen LogP contribution is -2.15. The molecular formula is C17H14N2O3S. The molecule has 116 valence electrons. The smallest absolute Gasteiger partial charge is 0.261 e. The molecule has 0 radical (unpaired) electrons. The predicted molar refractivity (Wildman–Crippen MR) is 89.7 cm³/mol. The van der Waals surface area contributed by atoms with E-state index < -0.39 is 15.9 Å². The number of amides is 1. The van der Waals surface area contributed by atoms with E-state index in [1.165, 1.54) is 12.1 Å². The first-order valence-corrected chi connectivity index (χ1v) is 8.35. The van der Waals surface area contributed by atoms with Gasteiger partial charge in [0.2, 0.25) is 5.91 Å². The SMILES string of the molecule is NC(=O)c1cccc(NS(=O)(=O)c2ccc3ccccc3c2)c1. The third-order valence-corrected chi connectivity index (χ3v) is 4.81. The normalized spacial score (nSPS) is 11.3. The van der Waals surface area contributed by atoms with Crippen LogP contribution in [0.25, 0.3) is 10.8 Å². The first kappa shape index (κ1) is 15.1. The van der Waals surface area contributed by atoms with Gasteiger partial charge in [-0.3, -0.25) is 9.52 Å². The monoisotopic (exact) mass is 326 g/mol. The van der Waals surface area contributed by atoms with Gasteiger partial charge in [0.15, 0.2) is 0 Å². The summed E-state index contributed by atoms with van der Waals surface area (Å²) in [4.78, 5) is 11.3. The minimum absolute atomic E-state index is 0.153. The highest BCUT2D eigenvalue weighted by Crippen LogP contribution is 2.21. The van der Waals surface area contributed by atoms with Crippen LogP contribution in [0.5, 0.6) is 0 Å². The molecular weight excluding hydrogens is 312 g/mol. The van der Waals surface area contributed by atoms with E-state index in [4.69, 9.17) is 5.73 Å². The van der Waals surface area contributed by atoms with Crippen molar-refractivity contribution < 1.29 is 13.2 Å². The van der Waals surface area contributed by atoms with Crippen molar-refractivity contribution in [1.82, 2.24) is 0 Å². The van der Waals surface area contributed by atoms with E-state index in [0.717, 1.165) is 10.8 Å². The molecule has 0 aromatic heterocycles. The number of nitrogens with one attached hydrogen (secondary N) is 1. The zero-order chi connectivity index (χ0) is 16.4. The maximum absolute atomic E-state index is 12.5. The van der Waals surface area contributed by atoms with Gasteiger partial charge in [-0.15, -0.1) is 0 Å². The third-order valence-electron chi connectivity index (χ3n) is 3.43. The van der Waals surface area contributed by atoms with Crippen LogP contribution >= 0.6 is 0 Å². The van der Waals surface area contributed by atoms with Crippen molar-refractivity contribution >= 4 is 32.4 Å². The second-order valence-electron chi connectivity index (χ2n) is 5.06. The van der Waals surface area contributed by atoms with Crippen molar-refractivity contribution in [3.8, 4) is 0 Å². The van der Waals surface area contributed by atoms with E-state index in [2.05, 4.69) is 4.72 Å². The number of primary amides is 1. The lowest BCUT2D eigenvalue weighted by molar-refractivity contribution is 0.100.